The lowest BCUT2D eigenvalue weighted by molar-refractivity contribution is -0.381. The average molecular weight is 1350 g/mol. The number of hydrogen-bond donors (Lipinski definition) is 17. The van der Waals surface area contributed by atoms with Gasteiger partial charge in [0.15, 0.2) is 31.5 Å². The van der Waals surface area contributed by atoms with Gasteiger partial charge in [0.2, 0.25) is 17.7 Å². The minimum Gasteiger partial charge on any atom is -0.388 e. The van der Waals surface area contributed by atoms with Crippen molar-refractivity contribution in [2.24, 2.45) is 0 Å². The highest BCUT2D eigenvalue weighted by Gasteiger charge is 2.58. The van der Waals surface area contributed by atoms with E-state index in [1.807, 2.05) is 0 Å². The van der Waals surface area contributed by atoms with Crippen LogP contribution in [-0.4, -0.2) is 315 Å². The molecular weight excluding hydrogens is 1290 g/mol. The highest BCUT2D eigenvalue weighted by Crippen LogP contribution is 2.37. The number of aliphatic hydroxyl groups is 9. The molecule has 17 N–H and O–H groups in total. The second-order valence-electron chi connectivity index (χ2n) is 18.8. The van der Waals surface area contributed by atoms with Gasteiger partial charge in [-0.3, -0.25) is 37.1 Å². The normalized spacial score (nSPS) is 39.8. The Morgan fingerprint density at radius 2 is 0.588 bits per heavy atom. The standard InChI is InChI=1S/C36H61N3O41S5/c1-9(40)37-17-24(47)28(15(72-32(17)51)7-70-84(61,62)63)77-35-27(50)31(22(45)14(74-35)6-69-83(58,59)60)80-34-19(39-11(3)42)25(48)29(16(76-34)8-71-85(64,65)66)78-36-26(49)30(21(44)13(75-36)5-68-82(55,56)57)79-33-18(38-10(2)41)23(46)20(43)12(73-33)4-67-81(52,53)54/h12-36,43-51H,4-8H2,1-3H3,(H,37,40)(H,38,41)(H,39,42)(H,52,53,54)(H,55,56,57)(H,58,59,60)(H,61,62,63)(H,64,65,66)/t12-,13-,14-,15-,16-,17-,18-,19-,20-,21+,22+,23-,24-,25-,26-,27-,28-,29-,30-,31+,32-,33+,34+,35+,36+/m1/s1. The molecule has 49 heteroatoms. The molecule has 5 fully saturated rings. The van der Waals surface area contributed by atoms with E-state index in [4.69, 9.17) is 47.2 Å². The van der Waals surface area contributed by atoms with Crippen molar-refractivity contribution in [3.05, 3.63) is 0 Å². The van der Waals surface area contributed by atoms with Crippen molar-refractivity contribution in [1.82, 2.24) is 16.0 Å². The third-order valence-corrected chi connectivity index (χ3v) is 14.7. The number of hydrogen-bond acceptors (Lipinski definition) is 36. The van der Waals surface area contributed by atoms with E-state index in [0.717, 1.165) is 20.8 Å². The van der Waals surface area contributed by atoms with Gasteiger partial charge in [-0.15, -0.1) is 0 Å². The number of rotatable bonds is 26. The molecule has 0 aliphatic carbocycles. The minimum absolute atomic E-state index is 0.775. The molecule has 5 heterocycles. The van der Waals surface area contributed by atoms with Crippen LogP contribution in [-0.2, 0) is 130 Å². The third-order valence-electron chi connectivity index (χ3n) is 12.5. The smallest absolute Gasteiger partial charge is 0.388 e. The van der Waals surface area contributed by atoms with Crippen molar-refractivity contribution in [3.63, 3.8) is 0 Å². The lowest BCUT2D eigenvalue weighted by Gasteiger charge is -2.50. The maximum Gasteiger partial charge on any atom is 0.397 e. The summed E-state index contributed by atoms with van der Waals surface area (Å²) in [5.41, 5.74) is 0. The molecule has 0 bridgehead atoms. The summed E-state index contributed by atoms with van der Waals surface area (Å²) in [6, 6.07) is -6.11. The molecule has 5 saturated heterocycles. The number of carbonyl (C=O) groups is 3. The van der Waals surface area contributed by atoms with Crippen LogP contribution in [0.3, 0.4) is 0 Å². The summed E-state index contributed by atoms with van der Waals surface area (Å²) < 4.78 is 235. The van der Waals surface area contributed by atoms with Crippen LogP contribution < -0.4 is 16.0 Å². The Bertz CT molecular complexity index is 2860. The van der Waals surface area contributed by atoms with E-state index in [9.17, 15) is 121 Å². The fraction of sp³-hybridized carbons (Fsp3) is 0.917. The summed E-state index contributed by atoms with van der Waals surface area (Å²) in [6.45, 7) is -4.62. The summed E-state index contributed by atoms with van der Waals surface area (Å²) in [4.78, 5) is 37.1. The number of nitrogens with one attached hydrogen (secondary N) is 3. The zero-order valence-electron chi connectivity index (χ0n) is 43.3. The van der Waals surface area contributed by atoms with Crippen LogP contribution in [0.15, 0.2) is 0 Å². The lowest BCUT2D eigenvalue weighted by Crippen LogP contribution is -2.70. The molecule has 0 unspecified atom stereocenters. The van der Waals surface area contributed by atoms with Crippen molar-refractivity contribution >= 4 is 69.7 Å². The van der Waals surface area contributed by atoms with Crippen LogP contribution in [0.4, 0.5) is 0 Å². The van der Waals surface area contributed by atoms with Crippen molar-refractivity contribution < 1.29 is 189 Å². The zero-order chi connectivity index (χ0) is 64.2. The van der Waals surface area contributed by atoms with Crippen LogP contribution in [0.2, 0.25) is 0 Å². The lowest BCUT2D eigenvalue weighted by atomic mass is 9.94. The Kier molecular flexibility index (Phi) is 25.1. The molecule has 85 heavy (non-hydrogen) atoms. The quantitative estimate of drug-likeness (QED) is 0.0358. The van der Waals surface area contributed by atoms with Gasteiger partial charge in [-0.2, -0.15) is 42.1 Å². The topological polar surface area (TPSA) is 670 Å². The Morgan fingerprint density at radius 3 is 0.929 bits per heavy atom. The van der Waals surface area contributed by atoms with Crippen molar-refractivity contribution in [3.8, 4) is 0 Å². The first kappa shape index (κ1) is 72.8. The maximum atomic E-state index is 12.8. The van der Waals surface area contributed by atoms with Crippen LogP contribution >= 0.6 is 0 Å². The predicted octanol–water partition coefficient (Wildman–Crippen LogP) is -12.4. The maximum absolute atomic E-state index is 12.8. The van der Waals surface area contributed by atoms with Gasteiger partial charge in [0.1, 0.15) is 122 Å². The summed E-state index contributed by atoms with van der Waals surface area (Å²) >= 11 is 0. The van der Waals surface area contributed by atoms with Crippen molar-refractivity contribution in [2.45, 2.75) is 174 Å². The Morgan fingerprint density at radius 1 is 0.329 bits per heavy atom. The highest BCUT2D eigenvalue weighted by molar-refractivity contribution is 7.81. The molecule has 44 nitrogen and oxygen atoms in total. The van der Waals surface area contributed by atoms with Gasteiger partial charge in [0.05, 0.1) is 33.0 Å². The first-order valence-electron chi connectivity index (χ1n) is 23.9. The molecule has 25 atom stereocenters. The number of carbonyl (C=O) groups excluding carboxylic acids is 3. The summed E-state index contributed by atoms with van der Waals surface area (Å²) in [7, 11) is -27.2. The van der Waals surface area contributed by atoms with Crippen LogP contribution in [0.1, 0.15) is 20.8 Å². The predicted molar refractivity (Wildman–Crippen MR) is 253 cm³/mol. The Hall–Kier alpha value is -2.96. The fourth-order valence-corrected chi connectivity index (χ4v) is 10.5. The largest absolute Gasteiger partial charge is 0.397 e. The first-order valence-corrected chi connectivity index (χ1v) is 30.7. The molecule has 5 rings (SSSR count). The average Bonchev–Trinajstić information content (AvgIpc) is 2.34. The van der Waals surface area contributed by atoms with Gasteiger partial charge in [-0.25, -0.2) is 20.9 Å². The third kappa shape index (κ3) is 21.1. The van der Waals surface area contributed by atoms with Crippen LogP contribution in [0.25, 0.3) is 0 Å². The molecule has 0 aromatic heterocycles. The molecule has 496 valence electrons. The molecule has 5 aliphatic rings. The van der Waals surface area contributed by atoms with Gasteiger partial charge in [0, 0.05) is 20.8 Å². The number of aliphatic hydroxyl groups excluding tert-OH is 9. The molecule has 0 aromatic rings. The second kappa shape index (κ2) is 29.3. The molecule has 0 radical (unpaired) electrons. The van der Waals surface area contributed by atoms with Gasteiger partial charge in [0.25, 0.3) is 0 Å². The second-order valence-corrected chi connectivity index (χ2v) is 24.3. The highest BCUT2D eigenvalue weighted by atomic mass is 32.3. The zero-order valence-corrected chi connectivity index (χ0v) is 47.4. The molecule has 5 aliphatic heterocycles. The van der Waals surface area contributed by atoms with E-state index >= 15 is 0 Å². The van der Waals surface area contributed by atoms with E-state index in [2.05, 4.69) is 36.9 Å². The monoisotopic (exact) mass is 1350 g/mol. The van der Waals surface area contributed by atoms with Crippen LogP contribution in [0.5, 0.6) is 0 Å². The van der Waals surface area contributed by atoms with Crippen molar-refractivity contribution in [2.75, 3.05) is 33.0 Å². The minimum atomic E-state index is -5.61. The van der Waals surface area contributed by atoms with Gasteiger partial charge in [-0.1, -0.05) is 0 Å². The van der Waals surface area contributed by atoms with Crippen molar-refractivity contribution in [1.29, 1.82) is 0 Å². The Labute approximate surface area is 480 Å². The number of ether oxygens (including phenoxy) is 9. The number of amides is 3. The Balaban J connectivity index is 1.55. The fourth-order valence-electron chi connectivity index (χ4n) is 8.94. The van der Waals surface area contributed by atoms with E-state index in [0.29, 0.717) is 0 Å². The first-order chi connectivity index (χ1) is 38.9. The SMILES string of the molecule is CC(=O)N[C@@H]1[C@@H](O)[C@H](O[C@@H]2O[C@H](COS(=O)(=O)O)[C@H](O)[C@H](O[C@@H]3O[C@H](COS(=O)(=O)O)[C@@H](O[C@@H]4O[C@H](COS(=O)(=O)O)[C@H](O)[C@@H](O[C@@H]5O[C@H](COS(=O)(=O)O)[C@@H](O)[C@H](O)[C@H]5NC(C)=O)[C@H]4O)[C@H](O)[C@H]3NC(C)=O)[C@H]2O)[C@@H](COS(=O)(=O)O)O[C@H]1O. The van der Waals surface area contributed by atoms with E-state index in [1.54, 1.807) is 0 Å². The summed E-state index contributed by atoms with van der Waals surface area (Å²) in [6.07, 6.45) is -52.2. The van der Waals surface area contributed by atoms with E-state index < -0.39 is 256 Å². The molecular formula is C36H61N3O41S5. The van der Waals surface area contributed by atoms with Gasteiger partial charge < -0.3 is 105 Å². The van der Waals surface area contributed by atoms with Crippen LogP contribution in [0, 0.1) is 0 Å². The van der Waals surface area contributed by atoms with Gasteiger partial charge in [-0.05, 0) is 0 Å². The molecule has 3 amide bonds. The van der Waals surface area contributed by atoms with E-state index in [1.165, 1.54) is 0 Å². The van der Waals surface area contributed by atoms with Gasteiger partial charge >= 0.3 is 52.0 Å². The van der Waals surface area contributed by atoms with E-state index in [-0.39, 0.29) is 0 Å². The summed E-state index contributed by atoms with van der Waals surface area (Å²) in [5.74, 6) is -3.08. The summed E-state index contributed by atoms with van der Waals surface area (Å²) in [5, 5.41) is 109. The molecule has 0 saturated carbocycles. The molecule has 0 aromatic carbocycles. The molecule has 0 spiro atoms.